The first-order valence-electron chi connectivity index (χ1n) is 9.95. The molecule has 0 heterocycles. The molecule has 31 heavy (non-hydrogen) atoms. The Morgan fingerprint density at radius 3 is 2.42 bits per heavy atom. The van der Waals surface area contributed by atoms with E-state index in [2.05, 4.69) is 10.6 Å². The van der Waals surface area contributed by atoms with Crippen molar-refractivity contribution in [3.05, 3.63) is 83.4 Å². The van der Waals surface area contributed by atoms with Gasteiger partial charge in [0.25, 0.3) is 0 Å². The van der Waals surface area contributed by atoms with Crippen LogP contribution < -0.4 is 16.4 Å². The molecule has 0 fully saturated rings. The fraction of sp³-hybridized carbons (Fsp3) is 0.167. The number of aliphatic carboxylic acids is 1. The molecule has 0 radical (unpaired) electrons. The Hall–Kier alpha value is -3.68. The predicted octanol–water partition coefficient (Wildman–Crippen LogP) is 2.64. The summed E-state index contributed by atoms with van der Waals surface area (Å²) in [6, 6.07) is 19.0. The number of carboxylic acid groups (broad SMARTS) is 1. The van der Waals surface area contributed by atoms with Gasteiger partial charge < -0.3 is 21.3 Å². The number of nitrogens with one attached hydrogen (secondary N) is 2. The van der Waals surface area contributed by atoms with Crippen molar-refractivity contribution in [2.75, 3.05) is 11.9 Å². The van der Waals surface area contributed by atoms with Crippen LogP contribution in [0.15, 0.2) is 66.7 Å². The summed E-state index contributed by atoms with van der Waals surface area (Å²) in [6.07, 6.45) is 0.339. The first-order chi connectivity index (χ1) is 14.9. The molecule has 0 spiro atoms. The topological polar surface area (TPSA) is 125 Å². The maximum absolute atomic E-state index is 12.6. The number of phenolic OH excluding ortho intramolecular Hbond substituents is 1. The molecule has 4 rings (SSSR count). The molecular weight excluding hydrogens is 394 g/mol. The highest BCUT2D eigenvalue weighted by atomic mass is 16.4. The molecule has 3 aromatic carbocycles. The summed E-state index contributed by atoms with van der Waals surface area (Å²) in [5, 5.41) is 24.4. The summed E-state index contributed by atoms with van der Waals surface area (Å²) in [4.78, 5) is 23.7. The number of aromatic hydroxyl groups is 1. The van der Waals surface area contributed by atoms with E-state index < -0.39 is 12.0 Å². The van der Waals surface area contributed by atoms with Crippen LogP contribution in [-0.2, 0) is 16.0 Å². The van der Waals surface area contributed by atoms with Gasteiger partial charge in [-0.2, -0.15) is 0 Å². The van der Waals surface area contributed by atoms with Crippen LogP contribution in [0, 0.1) is 0 Å². The number of rotatable bonds is 7. The van der Waals surface area contributed by atoms with Crippen molar-refractivity contribution < 1.29 is 19.8 Å². The van der Waals surface area contributed by atoms with Crippen molar-refractivity contribution in [2.24, 2.45) is 5.73 Å². The van der Waals surface area contributed by atoms with E-state index in [4.69, 9.17) is 10.8 Å². The lowest BCUT2D eigenvalue weighted by molar-refractivity contribution is -0.136. The number of phenols is 1. The van der Waals surface area contributed by atoms with Crippen molar-refractivity contribution >= 4 is 17.6 Å². The molecular formula is C24H23N3O4. The zero-order valence-corrected chi connectivity index (χ0v) is 16.7. The number of carbonyl (C=O) groups is 2. The fourth-order valence-electron chi connectivity index (χ4n) is 3.91. The molecule has 1 aliphatic carbocycles. The van der Waals surface area contributed by atoms with Crippen LogP contribution in [0.2, 0.25) is 0 Å². The molecule has 0 aromatic heterocycles. The van der Waals surface area contributed by atoms with Gasteiger partial charge in [-0.25, -0.2) is 0 Å². The highest BCUT2D eigenvalue weighted by Gasteiger charge is 2.29. The molecule has 6 N–H and O–H groups in total. The molecule has 1 amide bonds. The van der Waals surface area contributed by atoms with Gasteiger partial charge in [-0.15, -0.1) is 0 Å². The van der Waals surface area contributed by atoms with Crippen LogP contribution in [0.5, 0.6) is 5.75 Å². The highest BCUT2D eigenvalue weighted by molar-refractivity contribution is 5.95. The second-order valence-electron chi connectivity index (χ2n) is 7.56. The van der Waals surface area contributed by atoms with E-state index in [1.165, 1.54) is 0 Å². The smallest absolute Gasteiger partial charge is 0.317 e. The molecule has 7 heteroatoms. The van der Waals surface area contributed by atoms with E-state index in [-0.39, 0.29) is 24.2 Å². The number of nitrogens with two attached hydrogens (primary N) is 1. The van der Waals surface area contributed by atoms with Gasteiger partial charge in [0.15, 0.2) is 0 Å². The Labute approximate surface area is 179 Å². The van der Waals surface area contributed by atoms with E-state index in [1.807, 2.05) is 42.5 Å². The fourth-order valence-corrected chi connectivity index (χ4v) is 3.91. The van der Waals surface area contributed by atoms with E-state index in [0.29, 0.717) is 12.1 Å². The predicted molar refractivity (Wildman–Crippen MR) is 118 cm³/mol. The third kappa shape index (κ3) is 4.42. The molecule has 0 saturated carbocycles. The van der Waals surface area contributed by atoms with Gasteiger partial charge in [0, 0.05) is 5.69 Å². The summed E-state index contributed by atoms with van der Waals surface area (Å²) in [5.74, 6) is -1.10. The Morgan fingerprint density at radius 1 is 0.968 bits per heavy atom. The van der Waals surface area contributed by atoms with E-state index in [9.17, 15) is 14.7 Å². The number of hydrogen-bond donors (Lipinski definition) is 5. The highest BCUT2D eigenvalue weighted by Crippen LogP contribution is 2.44. The van der Waals surface area contributed by atoms with Crippen LogP contribution in [0.1, 0.15) is 22.7 Å². The maximum Gasteiger partial charge on any atom is 0.317 e. The lowest BCUT2D eigenvalue weighted by Gasteiger charge is -2.16. The molecule has 2 unspecified atom stereocenters. The van der Waals surface area contributed by atoms with E-state index in [0.717, 1.165) is 27.8 Å². The average Bonchev–Trinajstić information content (AvgIpc) is 3.06. The van der Waals surface area contributed by atoms with E-state index >= 15 is 0 Å². The molecule has 2 atom stereocenters. The quantitative estimate of drug-likeness (QED) is 0.403. The largest absolute Gasteiger partial charge is 0.508 e. The summed E-state index contributed by atoms with van der Waals surface area (Å²) in [5.41, 5.74) is 11.5. The Kier molecular flexibility index (Phi) is 5.70. The number of amides is 1. The number of carbonyl (C=O) groups excluding carboxylic acids is 1. The third-order valence-electron chi connectivity index (χ3n) is 5.38. The zero-order valence-electron chi connectivity index (χ0n) is 16.7. The lowest BCUT2D eigenvalue weighted by atomic mass is 10.0. The van der Waals surface area contributed by atoms with Gasteiger partial charge in [0.05, 0.1) is 18.6 Å². The molecule has 0 bridgehead atoms. The van der Waals surface area contributed by atoms with Crippen LogP contribution in [0.25, 0.3) is 11.1 Å². The standard InChI is InChI=1S/C24H23N3O4/c25-21(11-14-5-8-16(28)9-6-14)24(31)27-15-7-10-18-17-3-1-2-4-19(17)23(20(18)12-15)26-13-22(29)30/h1-10,12,21,23,26,28H,11,13,25H2,(H,27,31)(H,29,30). The normalized spacial score (nSPS) is 15.1. The van der Waals surface area contributed by atoms with Gasteiger partial charge in [0.2, 0.25) is 5.91 Å². The summed E-state index contributed by atoms with van der Waals surface area (Å²) in [7, 11) is 0. The molecule has 7 nitrogen and oxygen atoms in total. The third-order valence-corrected chi connectivity index (χ3v) is 5.38. The summed E-state index contributed by atoms with van der Waals surface area (Å²) < 4.78 is 0. The Balaban J connectivity index is 1.52. The Morgan fingerprint density at radius 2 is 1.68 bits per heavy atom. The maximum atomic E-state index is 12.6. The number of benzene rings is 3. The van der Waals surface area contributed by atoms with Gasteiger partial charge >= 0.3 is 5.97 Å². The molecule has 0 saturated heterocycles. The first kappa shape index (κ1) is 20.6. The van der Waals surface area contributed by atoms with Gasteiger partial charge in [-0.1, -0.05) is 42.5 Å². The van der Waals surface area contributed by atoms with Gasteiger partial charge in [0.1, 0.15) is 5.75 Å². The van der Waals surface area contributed by atoms with Gasteiger partial charge in [-0.05, 0) is 58.5 Å². The van der Waals surface area contributed by atoms with E-state index in [1.54, 1.807) is 24.3 Å². The minimum Gasteiger partial charge on any atom is -0.508 e. The van der Waals surface area contributed by atoms with Crippen molar-refractivity contribution in [1.29, 1.82) is 0 Å². The zero-order chi connectivity index (χ0) is 22.0. The van der Waals surface area contributed by atoms with Crippen LogP contribution in [0.3, 0.4) is 0 Å². The minimum absolute atomic E-state index is 0.159. The number of carboxylic acids is 1. The Bertz CT molecular complexity index is 1130. The molecule has 158 valence electrons. The number of fused-ring (bicyclic) bond motifs is 3. The van der Waals surface area contributed by atoms with Crippen molar-refractivity contribution in [3.8, 4) is 16.9 Å². The number of anilines is 1. The summed E-state index contributed by atoms with van der Waals surface area (Å²) >= 11 is 0. The van der Waals surface area contributed by atoms with Gasteiger partial charge in [-0.3, -0.25) is 14.9 Å². The SMILES string of the molecule is NC(Cc1ccc(O)cc1)C(=O)Nc1ccc2c(c1)C(NCC(=O)O)c1ccccc1-2. The molecule has 1 aliphatic rings. The molecule has 3 aromatic rings. The van der Waals surface area contributed by atoms with Crippen LogP contribution >= 0.6 is 0 Å². The average molecular weight is 417 g/mol. The van der Waals surface area contributed by atoms with Crippen LogP contribution in [0.4, 0.5) is 5.69 Å². The van der Waals surface area contributed by atoms with Crippen molar-refractivity contribution in [1.82, 2.24) is 5.32 Å². The molecule has 0 aliphatic heterocycles. The first-order valence-corrected chi connectivity index (χ1v) is 9.95. The second kappa shape index (κ2) is 8.59. The van der Waals surface area contributed by atoms with Crippen molar-refractivity contribution in [3.63, 3.8) is 0 Å². The second-order valence-corrected chi connectivity index (χ2v) is 7.56. The van der Waals surface area contributed by atoms with Crippen LogP contribution in [-0.4, -0.2) is 34.7 Å². The summed E-state index contributed by atoms with van der Waals surface area (Å²) in [6.45, 7) is -0.174. The lowest BCUT2D eigenvalue weighted by Crippen LogP contribution is -2.37. The number of hydrogen-bond acceptors (Lipinski definition) is 5. The minimum atomic E-state index is -0.935. The van der Waals surface area contributed by atoms with Crippen molar-refractivity contribution in [2.45, 2.75) is 18.5 Å². The monoisotopic (exact) mass is 417 g/mol.